The molecule has 1 aromatic heterocycles. The van der Waals surface area contributed by atoms with Crippen molar-refractivity contribution in [3.05, 3.63) is 47.0 Å². The zero-order valence-electron chi connectivity index (χ0n) is 15.2. The van der Waals surface area contributed by atoms with Gasteiger partial charge in [-0.3, -0.25) is 9.59 Å². The number of esters is 1. The van der Waals surface area contributed by atoms with Crippen molar-refractivity contribution in [2.24, 2.45) is 0 Å². The molecule has 0 aliphatic rings. The van der Waals surface area contributed by atoms with E-state index in [1.807, 2.05) is 0 Å². The normalized spacial score (nSPS) is 10.8. The van der Waals surface area contributed by atoms with Gasteiger partial charge >= 0.3 is 5.97 Å². The summed E-state index contributed by atoms with van der Waals surface area (Å²) in [6, 6.07) is 5.16. The minimum Gasteiger partial charge on any atom is -0.456 e. The van der Waals surface area contributed by atoms with Crippen LogP contribution in [0.3, 0.4) is 0 Å². The number of halogens is 3. The van der Waals surface area contributed by atoms with E-state index in [-0.39, 0.29) is 29.8 Å². The zero-order valence-corrected chi connectivity index (χ0v) is 16.0. The Labute approximate surface area is 163 Å². The average molecular weight is 413 g/mol. The van der Waals surface area contributed by atoms with E-state index in [9.17, 15) is 22.8 Å². The van der Waals surface area contributed by atoms with Crippen LogP contribution < -0.4 is 5.32 Å². The number of aromatic nitrogens is 2. The Morgan fingerprint density at radius 3 is 2.32 bits per heavy atom. The summed E-state index contributed by atoms with van der Waals surface area (Å²) < 4.78 is 42.6. The average Bonchev–Trinajstić information content (AvgIpc) is 2.60. The SMILES string of the molecule is Cc1nc(SC(F)F)nc(C)c1CCC(=O)OCC(=O)Nc1ccc(F)cc1. The highest BCUT2D eigenvalue weighted by Gasteiger charge is 2.15. The summed E-state index contributed by atoms with van der Waals surface area (Å²) in [5.41, 5.74) is 2.08. The topological polar surface area (TPSA) is 81.2 Å². The molecule has 10 heteroatoms. The molecule has 0 unspecified atom stereocenters. The number of thioether (sulfide) groups is 1. The van der Waals surface area contributed by atoms with Crippen molar-refractivity contribution in [2.45, 2.75) is 37.6 Å². The Hall–Kier alpha value is -2.62. The summed E-state index contributed by atoms with van der Waals surface area (Å²) >= 11 is 0.260. The van der Waals surface area contributed by atoms with E-state index < -0.39 is 30.1 Å². The van der Waals surface area contributed by atoms with Gasteiger partial charge in [-0.1, -0.05) is 0 Å². The highest BCUT2D eigenvalue weighted by molar-refractivity contribution is 7.99. The number of benzene rings is 1. The highest BCUT2D eigenvalue weighted by atomic mass is 32.2. The molecule has 2 rings (SSSR count). The number of carbonyl (C=O) groups excluding carboxylic acids is 2. The highest BCUT2D eigenvalue weighted by Crippen LogP contribution is 2.24. The number of anilines is 1. The second kappa shape index (κ2) is 10.1. The molecule has 0 aliphatic heterocycles. The molecular formula is C18H18F3N3O3S. The third-order valence-electron chi connectivity index (χ3n) is 3.67. The molecule has 1 aromatic carbocycles. The predicted octanol–water partition coefficient (Wildman–Crippen LogP) is 3.66. The van der Waals surface area contributed by atoms with Crippen LogP contribution in [0.15, 0.2) is 29.4 Å². The van der Waals surface area contributed by atoms with Gasteiger partial charge in [0.25, 0.3) is 11.7 Å². The van der Waals surface area contributed by atoms with Gasteiger partial charge < -0.3 is 10.1 Å². The molecule has 0 saturated carbocycles. The second-order valence-corrected chi connectivity index (χ2v) is 6.71. The van der Waals surface area contributed by atoms with E-state index in [4.69, 9.17) is 4.74 Å². The molecule has 6 nitrogen and oxygen atoms in total. The van der Waals surface area contributed by atoms with Crippen molar-refractivity contribution in [3.63, 3.8) is 0 Å². The van der Waals surface area contributed by atoms with Gasteiger partial charge in [-0.2, -0.15) is 8.78 Å². The maximum atomic E-state index is 12.8. The lowest BCUT2D eigenvalue weighted by atomic mass is 10.1. The number of carbonyl (C=O) groups is 2. The Bertz CT molecular complexity index is 825. The fourth-order valence-electron chi connectivity index (χ4n) is 2.38. The fourth-order valence-corrected chi connectivity index (χ4v) is 2.92. The first-order chi connectivity index (χ1) is 13.2. The smallest absolute Gasteiger partial charge is 0.306 e. The summed E-state index contributed by atoms with van der Waals surface area (Å²) in [5, 5.41) is 2.45. The van der Waals surface area contributed by atoms with Crippen molar-refractivity contribution < 1.29 is 27.5 Å². The first kappa shape index (κ1) is 21.7. The van der Waals surface area contributed by atoms with Crippen LogP contribution in [0.25, 0.3) is 0 Å². The monoisotopic (exact) mass is 413 g/mol. The van der Waals surface area contributed by atoms with Crippen LogP contribution in [0.2, 0.25) is 0 Å². The van der Waals surface area contributed by atoms with Gasteiger partial charge in [0.1, 0.15) is 5.82 Å². The van der Waals surface area contributed by atoms with Gasteiger partial charge in [0.2, 0.25) is 0 Å². The molecule has 150 valence electrons. The predicted molar refractivity (Wildman–Crippen MR) is 97.7 cm³/mol. The Balaban J connectivity index is 1.82. The van der Waals surface area contributed by atoms with E-state index in [1.54, 1.807) is 13.8 Å². The first-order valence-corrected chi connectivity index (χ1v) is 9.12. The number of aryl methyl sites for hydroxylation is 2. The number of hydrogen-bond acceptors (Lipinski definition) is 6. The van der Waals surface area contributed by atoms with Crippen LogP contribution in [0, 0.1) is 19.7 Å². The Kier molecular flexibility index (Phi) is 7.80. The Morgan fingerprint density at radius 1 is 1.14 bits per heavy atom. The van der Waals surface area contributed by atoms with Gasteiger partial charge in [-0.25, -0.2) is 14.4 Å². The maximum absolute atomic E-state index is 12.8. The molecule has 0 saturated heterocycles. The van der Waals surface area contributed by atoms with Crippen molar-refractivity contribution in [1.29, 1.82) is 0 Å². The standard InChI is InChI=1S/C18H18F3N3O3S/c1-10-14(11(2)23-18(22-10)28-17(20)21)7-8-16(26)27-9-15(25)24-13-5-3-12(19)4-6-13/h3-6,17H,7-9H2,1-2H3,(H,24,25). The number of ether oxygens (including phenoxy) is 1. The van der Waals surface area contributed by atoms with E-state index >= 15 is 0 Å². The summed E-state index contributed by atoms with van der Waals surface area (Å²) in [7, 11) is 0. The summed E-state index contributed by atoms with van der Waals surface area (Å²) in [6.07, 6.45) is 0.242. The summed E-state index contributed by atoms with van der Waals surface area (Å²) in [6.45, 7) is 2.83. The quantitative estimate of drug-likeness (QED) is 0.404. The third-order valence-corrected chi connectivity index (χ3v) is 4.24. The second-order valence-electron chi connectivity index (χ2n) is 5.75. The number of nitrogens with zero attached hydrogens (tertiary/aromatic N) is 2. The molecule has 2 aromatic rings. The molecule has 0 bridgehead atoms. The minimum atomic E-state index is -2.61. The third kappa shape index (κ3) is 6.84. The lowest BCUT2D eigenvalue weighted by Crippen LogP contribution is -2.21. The largest absolute Gasteiger partial charge is 0.456 e. The van der Waals surface area contributed by atoms with E-state index in [0.717, 1.165) is 0 Å². The molecule has 0 spiro atoms. The van der Waals surface area contributed by atoms with E-state index in [1.165, 1.54) is 24.3 Å². The van der Waals surface area contributed by atoms with E-state index in [0.29, 0.717) is 22.6 Å². The van der Waals surface area contributed by atoms with Crippen molar-refractivity contribution in [1.82, 2.24) is 9.97 Å². The zero-order chi connectivity index (χ0) is 20.7. The number of rotatable bonds is 8. The van der Waals surface area contributed by atoms with Crippen molar-refractivity contribution >= 4 is 29.3 Å². The Morgan fingerprint density at radius 2 is 1.75 bits per heavy atom. The molecular weight excluding hydrogens is 395 g/mol. The van der Waals surface area contributed by atoms with Gasteiger partial charge in [0, 0.05) is 23.5 Å². The van der Waals surface area contributed by atoms with Crippen LogP contribution in [0.4, 0.5) is 18.9 Å². The molecule has 1 N–H and O–H groups in total. The van der Waals surface area contributed by atoms with Crippen LogP contribution in [0.5, 0.6) is 0 Å². The van der Waals surface area contributed by atoms with Gasteiger partial charge in [-0.15, -0.1) is 0 Å². The maximum Gasteiger partial charge on any atom is 0.306 e. The van der Waals surface area contributed by atoms with Gasteiger partial charge in [0.15, 0.2) is 11.8 Å². The molecule has 0 atom stereocenters. The van der Waals surface area contributed by atoms with Gasteiger partial charge in [0.05, 0.1) is 0 Å². The van der Waals surface area contributed by atoms with Crippen LogP contribution in [-0.2, 0) is 20.7 Å². The van der Waals surface area contributed by atoms with Crippen LogP contribution in [0.1, 0.15) is 23.4 Å². The fraction of sp³-hybridized carbons (Fsp3) is 0.333. The van der Waals surface area contributed by atoms with Crippen molar-refractivity contribution in [2.75, 3.05) is 11.9 Å². The van der Waals surface area contributed by atoms with E-state index in [2.05, 4.69) is 15.3 Å². The number of hydrogen-bond donors (Lipinski definition) is 1. The lowest BCUT2D eigenvalue weighted by Gasteiger charge is -2.10. The molecule has 0 aliphatic carbocycles. The minimum absolute atomic E-state index is 0.0177. The lowest BCUT2D eigenvalue weighted by molar-refractivity contribution is -0.147. The summed E-state index contributed by atoms with van der Waals surface area (Å²) in [5.74, 6) is -4.19. The molecule has 0 radical (unpaired) electrons. The molecule has 0 fully saturated rings. The van der Waals surface area contributed by atoms with Crippen molar-refractivity contribution in [3.8, 4) is 0 Å². The molecule has 28 heavy (non-hydrogen) atoms. The number of alkyl halides is 2. The number of amides is 1. The first-order valence-electron chi connectivity index (χ1n) is 8.24. The van der Waals surface area contributed by atoms with Crippen LogP contribution >= 0.6 is 11.8 Å². The van der Waals surface area contributed by atoms with Crippen LogP contribution in [-0.4, -0.2) is 34.2 Å². The van der Waals surface area contributed by atoms with Gasteiger partial charge in [-0.05, 0) is 61.9 Å². The summed E-state index contributed by atoms with van der Waals surface area (Å²) in [4.78, 5) is 31.6. The molecule has 1 amide bonds. The molecule has 1 heterocycles. The number of nitrogens with one attached hydrogen (secondary N) is 1.